The van der Waals surface area contributed by atoms with Crippen molar-refractivity contribution in [2.45, 2.75) is 51.0 Å². The summed E-state index contributed by atoms with van der Waals surface area (Å²) in [5.74, 6) is 0.772. The van der Waals surface area contributed by atoms with Crippen molar-refractivity contribution in [2.75, 3.05) is 19.8 Å². The molecule has 1 unspecified atom stereocenters. The Morgan fingerprint density at radius 3 is 2.71 bits per heavy atom. The van der Waals surface area contributed by atoms with Crippen LogP contribution in [0.5, 0.6) is 0 Å². The summed E-state index contributed by atoms with van der Waals surface area (Å²) in [6, 6.07) is 0. The van der Waals surface area contributed by atoms with Crippen molar-refractivity contribution in [2.24, 2.45) is 5.92 Å². The van der Waals surface area contributed by atoms with Crippen LogP contribution in [0.2, 0.25) is 0 Å². The Bertz CT molecular complexity index is 169. The lowest BCUT2D eigenvalue weighted by Gasteiger charge is -2.35. The molecule has 0 aromatic heterocycles. The average Bonchev–Trinajstić information content (AvgIpc) is 2.69. The van der Waals surface area contributed by atoms with E-state index in [0.717, 1.165) is 25.7 Å². The molecule has 1 saturated heterocycles. The van der Waals surface area contributed by atoms with Crippen LogP contribution in [0.1, 0.15) is 45.4 Å². The molecule has 2 heteroatoms. The highest BCUT2D eigenvalue weighted by Gasteiger charge is 2.27. The molecule has 0 bridgehead atoms. The molecule has 82 valence electrons. The van der Waals surface area contributed by atoms with Gasteiger partial charge in [-0.1, -0.05) is 19.3 Å². The summed E-state index contributed by atoms with van der Waals surface area (Å²) < 4.78 is 5.39. The molecule has 2 nitrogen and oxygen atoms in total. The number of rotatable bonds is 3. The first-order valence-corrected chi connectivity index (χ1v) is 6.11. The first kappa shape index (κ1) is 10.4. The van der Waals surface area contributed by atoms with Gasteiger partial charge in [0.2, 0.25) is 0 Å². The molecular weight excluding hydrogens is 174 g/mol. The van der Waals surface area contributed by atoms with Crippen LogP contribution in [-0.2, 0) is 4.74 Å². The summed E-state index contributed by atoms with van der Waals surface area (Å²) in [6.45, 7) is 5.50. The minimum atomic E-state index is 0.431. The fourth-order valence-corrected chi connectivity index (χ4v) is 2.64. The second-order valence-electron chi connectivity index (χ2n) is 5.23. The molecule has 1 aliphatic carbocycles. The van der Waals surface area contributed by atoms with Crippen LogP contribution in [0.15, 0.2) is 0 Å². The van der Waals surface area contributed by atoms with E-state index in [0.29, 0.717) is 5.54 Å². The van der Waals surface area contributed by atoms with Gasteiger partial charge in [0, 0.05) is 18.7 Å². The molecule has 2 fully saturated rings. The highest BCUT2D eigenvalue weighted by atomic mass is 16.5. The predicted octanol–water partition coefficient (Wildman–Crippen LogP) is 2.34. The van der Waals surface area contributed by atoms with E-state index < -0.39 is 0 Å². The van der Waals surface area contributed by atoms with Gasteiger partial charge in [-0.05, 0) is 32.1 Å². The molecule has 2 aliphatic rings. The molecule has 1 N–H and O–H groups in total. The fraction of sp³-hybridized carbons (Fsp3) is 1.00. The monoisotopic (exact) mass is 197 g/mol. The zero-order chi connectivity index (χ0) is 9.86. The van der Waals surface area contributed by atoms with Crippen LogP contribution in [0, 0.1) is 5.92 Å². The van der Waals surface area contributed by atoms with E-state index in [2.05, 4.69) is 12.2 Å². The van der Waals surface area contributed by atoms with Crippen LogP contribution in [-0.4, -0.2) is 25.3 Å². The van der Waals surface area contributed by atoms with Gasteiger partial charge in [0.05, 0.1) is 6.61 Å². The van der Waals surface area contributed by atoms with Crippen molar-refractivity contribution in [1.82, 2.24) is 5.32 Å². The molecule has 1 saturated carbocycles. The summed E-state index contributed by atoms with van der Waals surface area (Å²) in [5, 5.41) is 3.76. The lowest BCUT2D eigenvalue weighted by molar-refractivity contribution is 0.178. The maximum atomic E-state index is 5.39. The van der Waals surface area contributed by atoms with E-state index in [4.69, 9.17) is 4.74 Å². The standard InChI is InChI=1S/C12H23NO/c1-12(6-3-2-4-7-12)13-9-11-5-8-14-10-11/h11,13H,2-10H2,1H3. The topological polar surface area (TPSA) is 21.3 Å². The zero-order valence-electron chi connectivity index (χ0n) is 9.35. The minimum Gasteiger partial charge on any atom is -0.381 e. The highest BCUT2D eigenvalue weighted by molar-refractivity contribution is 4.87. The van der Waals surface area contributed by atoms with Gasteiger partial charge in [0.25, 0.3) is 0 Å². The van der Waals surface area contributed by atoms with Gasteiger partial charge in [0.1, 0.15) is 0 Å². The molecule has 0 spiro atoms. The lowest BCUT2D eigenvalue weighted by Crippen LogP contribution is -2.46. The van der Waals surface area contributed by atoms with E-state index in [-0.39, 0.29) is 0 Å². The Labute approximate surface area is 87.4 Å². The van der Waals surface area contributed by atoms with Gasteiger partial charge in [-0.2, -0.15) is 0 Å². The zero-order valence-corrected chi connectivity index (χ0v) is 9.35. The van der Waals surface area contributed by atoms with Gasteiger partial charge >= 0.3 is 0 Å². The number of nitrogens with one attached hydrogen (secondary N) is 1. The Hall–Kier alpha value is -0.0800. The lowest BCUT2D eigenvalue weighted by atomic mass is 9.83. The first-order valence-electron chi connectivity index (χ1n) is 6.11. The van der Waals surface area contributed by atoms with Crippen molar-refractivity contribution in [3.8, 4) is 0 Å². The molecule has 1 heterocycles. The molecular formula is C12H23NO. The van der Waals surface area contributed by atoms with Crippen LogP contribution < -0.4 is 5.32 Å². The maximum Gasteiger partial charge on any atom is 0.0507 e. The smallest absolute Gasteiger partial charge is 0.0507 e. The summed E-state index contributed by atoms with van der Waals surface area (Å²) in [5.41, 5.74) is 0.431. The Kier molecular flexibility index (Phi) is 3.45. The van der Waals surface area contributed by atoms with E-state index in [1.54, 1.807) is 0 Å². The van der Waals surface area contributed by atoms with Crippen molar-refractivity contribution >= 4 is 0 Å². The first-order chi connectivity index (χ1) is 6.79. The van der Waals surface area contributed by atoms with Gasteiger partial charge in [0.15, 0.2) is 0 Å². The molecule has 0 radical (unpaired) electrons. The molecule has 14 heavy (non-hydrogen) atoms. The van der Waals surface area contributed by atoms with Gasteiger partial charge in [-0.25, -0.2) is 0 Å². The normalized spacial score (nSPS) is 31.9. The highest BCUT2D eigenvalue weighted by Crippen LogP contribution is 2.28. The van der Waals surface area contributed by atoms with E-state index in [9.17, 15) is 0 Å². The third-order valence-corrected chi connectivity index (χ3v) is 3.80. The third kappa shape index (κ3) is 2.71. The Morgan fingerprint density at radius 1 is 1.29 bits per heavy atom. The van der Waals surface area contributed by atoms with E-state index >= 15 is 0 Å². The van der Waals surface area contributed by atoms with Crippen molar-refractivity contribution in [3.05, 3.63) is 0 Å². The summed E-state index contributed by atoms with van der Waals surface area (Å²) >= 11 is 0. The van der Waals surface area contributed by atoms with Gasteiger partial charge < -0.3 is 10.1 Å². The van der Waals surface area contributed by atoms with Crippen LogP contribution >= 0.6 is 0 Å². The van der Waals surface area contributed by atoms with Crippen molar-refractivity contribution < 1.29 is 4.74 Å². The van der Waals surface area contributed by atoms with E-state index in [1.807, 2.05) is 0 Å². The molecule has 0 aromatic rings. The van der Waals surface area contributed by atoms with Crippen molar-refractivity contribution in [1.29, 1.82) is 0 Å². The maximum absolute atomic E-state index is 5.39. The molecule has 0 amide bonds. The summed E-state index contributed by atoms with van der Waals surface area (Å²) in [4.78, 5) is 0. The van der Waals surface area contributed by atoms with Crippen LogP contribution in [0.25, 0.3) is 0 Å². The quantitative estimate of drug-likeness (QED) is 0.750. The van der Waals surface area contributed by atoms with Gasteiger partial charge in [-0.15, -0.1) is 0 Å². The second kappa shape index (κ2) is 4.63. The van der Waals surface area contributed by atoms with E-state index in [1.165, 1.54) is 38.5 Å². The van der Waals surface area contributed by atoms with Crippen molar-refractivity contribution in [3.63, 3.8) is 0 Å². The molecule has 2 rings (SSSR count). The Morgan fingerprint density at radius 2 is 2.07 bits per heavy atom. The average molecular weight is 197 g/mol. The largest absolute Gasteiger partial charge is 0.381 e. The minimum absolute atomic E-state index is 0.431. The molecule has 1 atom stereocenters. The SMILES string of the molecule is CC1(NCC2CCOC2)CCCCC1. The number of hydrogen-bond acceptors (Lipinski definition) is 2. The van der Waals surface area contributed by atoms with Crippen LogP contribution in [0.3, 0.4) is 0 Å². The molecule has 1 aliphatic heterocycles. The van der Waals surface area contributed by atoms with Crippen LogP contribution in [0.4, 0.5) is 0 Å². The predicted molar refractivity (Wildman–Crippen MR) is 58.4 cm³/mol. The summed E-state index contributed by atoms with van der Waals surface area (Å²) in [7, 11) is 0. The van der Waals surface area contributed by atoms with Gasteiger partial charge in [-0.3, -0.25) is 0 Å². The Balaban J connectivity index is 1.72. The number of hydrogen-bond donors (Lipinski definition) is 1. The number of ether oxygens (including phenoxy) is 1. The fourth-order valence-electron chi connectivity index (χ4n) is 2.64. The third-order valence-electron chi connectivity index (χ3n) is 3.80. The molecule has 0 aromatic carbocycles. The second-order valence-corrected chi connectivity index (χ2v) is 5.23. The summed E-state index contributed by atoms with van der Waals surface area (Å²) in [6.07, 6.45) is 8.23.